The minimum Gasteiger partial charge on any atom is -0.329 e. The van der Waals surface area contributed by atoms with Crippen molar-refractivity contribution in [2.45, 2.75) is 37.5 Å². The van der Waals surface area contributed by atoms with Crippen molar-refractivity contribution in [3.8, 4) is 11.3 Å². The molecule has 2 aliphatic carbocycles. The smallest absolute Gasteiger partial charge is 0.136 e. The number of aryl methyl sites for hydroxylation is 2. The zero-order valence-electron chi connectivity index (χ0n) is 11.6. The molecule has 1 heterocycles. The fourth-order valence-electron chi connectivity index (χ4n) is 3.18. The number of aromatic nitrogens is 2. The van der Waals surface area contributed by atoms with Crippen molar-refractivity contribution >= 4 is 0 Å². The van der Waals surface area contributed by atoms with Gasteiger partial charge in [0.2, 0.25) is 0 Å². The van der Waals surface area contributed by atoms with Crippen molar-refractivity contribution in [2.75, 3.05) is 6.54 Å². The number of nitrogens with two attached hydrogens (primary N) is 1. The largest absolute Gasteiger partial charge is 0.329 e. The van der Waals surface area contributed by atoms with Gasteiger partial charge in [0, 0.05) is 23.7 Å². The number of hydrogen-bond acceptors (Lipinski definition) is 3. The molecule has 2 N–H and O–H groups in total. The Morgan fingerprint density at radius 2 is 1.95 bits per heavy atom. The summed E-state index contributed by atoms with van der Waals surface area (Å²) < 4.78 is 0. The molecule has 0 spiro atoms. The minimum atomic E-state index is 0.0622. The first-order valence-electron chi connectivity index (χ1n) is 7.47. The van der Waals surface area contributed by atoms with Gasteiger partial charge in [-0.3, -0.25) is 0 Å². The Balaban J connectivity index is 1.74. The first-order chi connectivity index (χ1) is 9.81. The Hall–Kier alpha value is -1.74. The highest BCUT2D eigenvalue weighted by atomic mass is 14.9. The second-order valence-corrected chi connectivity index (χ2v) is 6.09. The maximum atomic E-state index is 5.88. The number of fused-ring (bicyclic) bond motifs is 1. The summed E-state index contributed by atoms with van der Waals surface area (Å²) in [4.78, 5) is 9.23. The molecule has 1 fully saturated rings. The van der Waals surface area contributed by atoms with Crippen LogP contribution in [0.2, 0.25) is 0 Å². The van der Waals surface area contributed by atoms with E-state index in [0.717, 1.165) is 24.4 Å². The standard InChI is InChI=1S/C17H19N3/c18-11-17(7-8-17)16-19-9-6-15(20-16)14-5-4-12-2-1-3-13(12)10-14/h4-6,9-10H,1-3,7-8,11,18H2. The molecule has 1 saturated carbocycles. The molecule has 1 aromatic carbocycles. The summed E-state index contributed by atoms with van der Waals surface area (Å²) in [5.74, 6) is 0.929. The van der Waals surface area contributed by atoms with Crippen LogP contribution in [0.15, 0.2) is 30.5 Å². The Morgan fingerprint density at radius 3 is 2.75 bits per heavy atom. The lowest BCUT2D eigenvalue weighted by Gasteiger charge is -2.12. The molecule has 0 radical (unpaired) electrons. The summed E-state index contributed by atoms with van der Waals surface area (Å²) in [7, 11) is 0. The molecule has 2 aliphatic rings. The highest BCUT2D eigenvalue weighted by molar-refractivity contribution is 5.61. The van der Waals surface area contributed by atoms with Crippen LogP contribution in [0.3, 0.4) is 0 Å². The average Bonchev–Trinajstić information content (AvgIpc) is 3.17. The van der Waals surface area contributed by atoms with Crippen molar-refractivity contribution in [3.05, 3.63) is 47.4 Å². The highest BCUT2D eigenvalue weighted by Gasteiger charge is 2.45. The monoisotopic (exact) mass is 265 g/mol. The summed E-state index contributed by atoms with van der Waals surface area (Å²) in [5.41, 5.74) is 11.2. The fraction of sp³-hybridized carbons (Fsp3) is 0.412. The van der Waals surface area contributed by atoms with Crippen LogP contribution in [0.4, 0.5) is 0 Å². The molecule has 20 heavy (non-hydrogen) atoms. The minimum absolute atomic E-state index is 0.0622. The van der Waals surface area contributed by atoms with E-state index in [1.165, 1.54) is 36.0 Å². The number of benzene rings is 1. The zero-order chi connectivity index (χ0) is 13.6. The van der Waals surface area contributed by atoms with E-state index < -0.39 is 0 Å². The van der Waals surface area contributed by atoms with Crippen LogP contribution in [0.1, 0.15) is 36.2 Å². The summed E-state index contributed by atoms with van der Waals surface area (Å²) in [6, 6.07) is 8.76. The van der Waals surface area contributed by atoms with Gasteiger partial charge in [0.1, 0.15) is 5.82 Å². The Labute approximate surface area is 119 Å². The zero-order valence-corrected chi connectivity index (χ0v) is 11.6. The second kappa shape index (κ2) is 4.38. The number of hydrogen-bond donors (Lipinski definition) is 1. The normalized spacial score (nSPS) is 18.9. The maximum absolute atomic E-state index is 5.88. The lowest BCUT2D eigenvalue weighted by Crippen LogP contribution is -2.22. The van der Waals surface area contributed by atoms with Crippen LogP contribution in [0.5, 0.6) is 0 Å². The number of rotatable bonds is 3. The summed E-state index contributed by atoms with van der Waals surface area (Å²) in [5, 5.41) is 0. The third-order valence-electron chi connectivity index (χ3n) is 4.77. The summed E-state index contributed by atoms with van der Waals surface area (Å²) >= 11 is 0. The molecule has 0 aliphatic heterocycles. The molecule has 4 rings (SSSR count). The first kappa shape index (κ1) is 12.0. The molecule has 0 amide bonds. The van der Waals surface area contributed by atoms with Crippen LogP contribution in [0.25, 0.3) is 11.3 Å². The van der Waals surface area contributed by atoms with Crippen molar-refractivity contribution < 1.29 is 0 Å². The van der Waals surface area contributed by atoms with E-state index in [0.29, 0.717) is 6.54 Å². The van der Waals surface area contributed by atoms with E-state index in [9.17, 15) is 0 Å². The number of nitrogens with zero attached hydrogens (tertiary/aromatic N) is 2. The molecular formula is C17H19N3. The van der Waals surface area contributed by atoms with Gasteiger partial charge >= 0.3 is 0 Å². The lowest BCUT2D eigenvalue weighted by molar-refractivity contribution is 0.649. The van der Waals surface area contributed by atoms with Gasteiger partial charge in [-0.25, -0.2) is 9.97 Å². The van der Waals surface area contributed by atoms with Gasteiger partial charge in [-0.15, -0.1) is 0 Å². The molecule has 102 valence electrons. The van der Waals surface area contributed by atoms with Crippen LogP contribution < -0.4 is 5.73 Å². The Bertz CT molecular complexity index is 659. The lowest BCUT2D eigenvalue weighted by atomic mass is 10.0. The van der Waals surface area contributed by atoms with Gasteiger partial charge in [-0.1, -0.05) is 12.1 Å². The van der Waals surface area contributed by atoms with Gasteiger partial charge in [-0.2, -0.15) is 0 Å². The highest BCUT2D eigenvalue weighted by Crippen LogP contribution is 2.45. The van der Waals surface area contributed by atoms with E-state index in [2.05, 4.69) is 23.2 Å². The second-order valence-electron chi connectivity index (χ2n) is 6.09. The Kier molecular flexibility index (Phi) is 2.64. The maximum Gasteiger partial charge on any atom is 0.136 e. The van der Waals surface area contributed by atoms with Crippen LogP contribution in [-0.2, 0) is 18.3 Å². The predicted octanol–water partition coefficient (Wildman–Crippen LogP) is 2.62. The molecule has 0 unspecified atom stereocenters. The molecular weight excluding hydrogens is 246 g/mol. The molecule has 3 heteroatoms. The molecule has 3 nitrogen and oxygen atoms in total. The average molecular weight is 265 g/mol. The van der Waals surface area contributed by atoms with E-state index in [1.54, 1.807) is 0 Å². The molecule has 2 aromatic rings. The third kappa shape index (κ3) is 1.85. The first-order valence-corrected chi connectivity index (χ1v) is 7.47. The topological polar surface area (TPSA) is 51.8 Å². The van der Waals surface area contributed by atoms with Crippen molar-refractivity contribution in [2.24, 2.45) is 5.73 Å². The van der Waals surface area contributed by atoms with Crippen LogP contribution in [0, 0.1) is 0 Å². The van der Waals surface area contributed by atoms with Crippen molar-refractivity contribution in [1.82, 2.24) is 9.97 Å². The predicted molar refractivity (Wildman–Crippen MR) is 79.5 cm³/mol. The molecule has 0 atom stereocenters. The SMILES string of the molecule is NCC1(c2nccc(-c3ccc4c(c3)CCC4)n2)CC1. The molecule has 0 saturated heterocycles. The van der Waals surface area contributed by atoms with E-state index in [1.807, 2.05) is 12.3 Å². The van der Waals surface area contributed by atoms with Crippen molar-refractivity contribution in [3.63, 3.8) is 0 Å². The third-order valence-corrected chi connectivity index (χ3v) is 4.77. The van der Waals surface area contributed by atoms with E-state index >= 15 is 0 Å². The van der Waals surface area contributed by atoms with E-state index in [4.69, 9.17) is 10.7 Å². The van der Waals surface area contributed by atoms with E-state index in [-0.39, 0.29) is 5.41 Å². The van der Waals surface area contributed by atoms with Gasteiger partial charge in [0.05, 0.1) is 5.69 Å². The quantitative estimate of drug-likeness (QED) is 0.928. The fourth-order valence-corrected chi connectivity index (χ4v) is 3.18. The van der Waals surface area contributed by atoms with Crippen LogP contribution in [-0.4, -0.2) is 16.5 Å². The van der Waals surface area contributed by atoms with Gasteiger partial charge in [0.15, 0.2) is 0 Å². The van der Waals surface area contributed by atoms with Gasteiger partial charge < -0.3 is 5.73 Å². The van der Waals surface area contributed by atoms with Gasteiger partial charge in [-0.05, 0) is 55.4 Å². The van der Waals surface area contributed by atoms with Gasteiger partial charge in [0.25, 0.3) is 0 Å². The Morgan fingerprint density at radius 1 is 1.10 bits per heavy atom. The molecule has 1 aromatic heterocycles. The summed E-state index contributed by atoms with van der Waals surface area (Å²) in [6.45, 7) is 0.653. The molecule has 0 bridgehead atoms. The summed E-state index contributed by atoms with van der Waals surface area (Å²) in [6.07, 6.45) is 7.83. The van der Waals surface area contributed by atoms with Crippen molar-refractivity contribution in [1.29, 1.82) is 0 Å². The van der Waals surface area contributed by atoms with Crippen LogP contribution >= 0.6 is 0 Å².